The summed E-state index contributed by atoms with van der Waals surface area (Å²) in [5, 5.41) is 10.1. The van der Waals surface area contributed by atoms with Crippen LogP contribution < -0.4 is 10.1 Å². The van der Waals surface area contributed by atoms with Gasteiger partial charge < -0.3 is 10.1 Å². The normalized spacial score (nSPS) is 10.3. The van der Waals surface area contributed by atoms with Gasteiger partial charge in [0.1, 0.15) is 11.4 Å². The van der Waals surface area contributed by atoms with Crippen molar-refractivity contribution >= 4 is 11.6 Å². The molecular formula is C14H17N3O2. The number of carbonyl (C=O) groups excluding carboxylic acids is 1. The molecule has 2 aromatic rings. The highest BCUT2D eigenvalue weighted by atomic mass is 16.5. The van der Waals surface area contributed by atoms with Gasteiger partial charge in [-0.1, -0.05) is 19.1 Å². The molecule has 1 heterocycles. The summed E-state index contributed by atoms with van der Waals surface area (Å²) in [6, 6.07) is 7.59. The predicted octanol–water partition coefficient (Wildman–Crippen LogP) is 2.61. The third-order valence-corrected chi connectivity index (χ3v) is 2.84. The lowest BCUT2D eigenvalue weighted by atomic mass is 10.1. The van der Waals surface area contributed by atoms with Gasteiger partial charge in [-0.05, 0) is 18.6 Å². The Balaban J connectivity index is 2.48. The Morgan fingerprint density at radius 3 is 2.89 bits per heavy atom. The van der Waals surface area contributed by atoms with Gasteiger partial charge in [0, 0.05) is 12.5 Å². The maximum Gasteiger partial charge on any atom is 0.221 e. The summed E-state index contributed by atoms with van der Waals surface area (Å²) in [5.41, 5.74) is 3.28. The third kappa shape index (κ3) is 2.76. The van der Waals surface area contributed by atoms with Crippen LogP contribution in [0.4, 0.5) is 5.69 Å². The molecule has 0 aliphatic heterocycles. The summed E-state index contributed by atoms with van der Waals surface area (Å²) >= 11 is 0. The summed E-state index contributed by atoms with van der Waals surface area (Å²) in [4.78, 5) is 11.3. The van der Waals surface area contributed by atoms with Crippen LogP contribution in [0.2, 0.25) is 0 Å². The number of ether oxygens (including phenoxy) is 1. The summed E-state index contributed by atoms with van der Waals surface area (Å²) < 4.78 is 5.21. The van der Waals surface area contributed by atoms with Gasteiger partial charge in [-0.2, -0.15) is 5.10 Å². The van der Waals surface area contributed by atoms with Crippen molar-refractivity contribution in [1.29, 1.82) is 0 Å². The number of aromatic amines is 1. The summed E-state index contributed by atoms with van der Waals surface area (Å²) in [5.74, 6) is 0.646. The molecule has 5 nitrogen and oxygen atoms in total. The van der Waals surface area contributed by atoms with Gasteiger partial charge in [0.05, 0.1) is 18.5 Å². The number of rotatable bonds is 4. The highest BCUT2D eigenvalue weighted by Gasteiger charge is 2.15. The van der Waals surface area contributed by atoms with E-state index in [1.807, 2.05) is 31.2 Å². The van der Waals surface area contributed by atoms with Crippen LogP contribution in [0.1, 0.15) is 19.5 Å². The van der Waals surface area contributed by atoms with E-state index in [-0.39, 0.29) is 5.91 Å². The number of methoxy groups -OCH3 is 1. The molecule has 0 aliphatic carbocycles. The van der Waals surface area contributed by atoms with Crippen molar-refractivity contribution < 1.29 is 9.53 Å². The van der Waals surface area contributed by atoms with Crippen LogP contribution in [0.15, 0.2) is 24.3 Å². The molecule has 0 fully saturated rings. The first-order valence-electron chi connectivity index (χ1n) is 6.15. The fourth-order valence-corrected chi connectivity index (χ4v) is 1.92. The van der Waals surface area contributed by atoms with Crippen LogP contribution in [-0.2, 0) is 11.2 Å². The minimum atomic E-state index is -0.111. The van der Waals surface area contributed by atoms with Gasteiger partial charge in [-0.15, -0.1) is 0 Å². The number of aryl methyl sites for hydroxylation is 1. The summed E-state index contributed by atoms with van der Waals surface area (Å²) in [6.45, 7) is 3.50. The molecule has 2 N–H and O–H groups in total. The van der Waals surface area contributed by atoms with Crippen molar-refractivity contribution in [2.24, 2.45) is 0 Å². The highest BCUT2D eigenvalue weighted by Crippen LogP contribution is 2.31. The molecule has 5 heteroatoms. The van der Waals surface area contributed by atoms with Crippen molar-refractivity contribution in [3.05, 3.63) is 30.0 Å². The fraction of sp³-hybridized carbons (Fsp3) is 0.286. The molecule has 0 saturated heterocycles. The Morgan fingerprint density at radius 1 is 1.47 bits per heavy atom. The molecule has 100 valence electrons. The number of nitrogens with zero attached hydrogens (tertiary/aromatic N) is 1. The number of nitrogens with one attached hydrogen (secondary N) is 2. The molecule has 0 aliphatic rings. The lowest BCUT2D eigenvalue weighted by molar-refractivity contribution is -0.114. The maximum absolute atomic E-state index is 11.3. The highest BCUT2D eigenvalue weighted by molar-refractivity contribution is 5.94. The second-order valence-electron chi connectivity index (χ2n) is 4.19. The summed E-state index contributed by atoms with van der Waals surface area (Å²) in [7, 11) is 1.62. The molecule has 19 heavy (non-hydrogen) atoms. The average Bonchev–Trinajstić information content (AvgIpc) is 2.81. The number of benzene rings is 1. The van der Waals surface area contributed by atoms with Gasteiger partial charge in [0.2, 0.25) is 5.91 Å². The van der Waals surface area contributed by atoms with E-state index >= 15 is 0 Å². The first kappa shape index (κ1) is 13.1. The summed E-state index contributed by atoms with van der Waals surface area (Å²) in [6.07, 6.45) is 0.770. The van der Waals surface area contributed by atoms with Crippen LogP contribution in [0.5, 0.6) is 5.75 Å². The van der Waals surface area contributed by atoms with Crippen molar-refractivity contribution in [1.82, 2.24) is 10.2 Å². The number of anilines is 1. The van der Waals surface area contributed by atoms with E-state index in [1.54, 1.807) is 7.11 Å². The molecule has 0 unspecified atom stereocenters. The molecule has 0 saturated carbocycles. The molecule has 0 atom stereocenters. The van der Waals surface area contributed by atoms with Crippen molar-refractivity contribution in [2.45, 2.75) is 20.3 Å². The molecule has 0 radical (unpaired) electrons. The lowest BCUT2D eigenvalue weighted by Crippen LogP contribution is -2.07. The number of carbonyl (C=O) groups is 1. The Labute approximate surface area is 112 Å². The van der Waals surface area contributed by atoms with Gasteiger partial charge in [-0.3, -0.25) is 9.89 Å². The van der Waals surface area contributed by atoms with E-state index in [4.69, 9.17) is 4.74 Å². The molecular weight excluding hydrogens is 242 g/mol. The Kier molecular flexibility index (Phi) is 3.85. The molecule has 1 amide bonds. The number of aromatic nitrogens is 2. The largest absolute Gasteiger partial charge is 0.497 e. The monoisotopic (exact) mass is 259 g/mol. The minimum absolute atomic E-state index is 0.111. The standard InChI is InChI=1S/C14H17N3O2/c1-4-12-14(15-9(2)18)13(17-16-12)10-6-5-7-11(8-10)19-3/h5-8H,4H2,1-3H3,(H,15,18)(H,16,17). The Hall–Kier alpha value is -2.30. The van der Waals surface area contributed by atoms with Crippen molar-refractivity contribution in [3.63, 3.8) is 0 Å². The zero-order valence-corrected chi connectivity index (χ0v) is 11.3. The van der Waals surface area contributed by atoms with E-state index in [0.717, 1.165) is 34.8 Å². The second-order valence-corrected chi connectivity index (χ2v) is 4.19. The van der Waals surface area contributed by atoms with E-state index in [1.165, 1.54) is 6.92 Å². The number of hydrogen-bond acceptors (Lipinski definition) is 3. The van der Waals surface area contributed by atoms with Gasteiger partial charge in [-0.25, -0.2) is 0 Å². The molecule has 1 aromatic carbocycles. The van der Waals surface area contributed by atoms with Gasteiger partial charge in [0.25, 0.3) is 0 Å². The Morgan fingerprint density at radius 2 is 2.26 bits per heavy atom. The van der Waals surface area contributed by atoms with E-state index in [0.29, 0.717) is 0 Å². The number of hydrogen-bond donors (Lipinski definition) is 2. The second kappa shape index (κ2) is 5.56. The maximum atomic E-state index is 11.3. The van der Waals surface area contributed by atoms with Crippen LogP contribution in [0.25, 0.3) is 11.3 Å². The molecule has 0 spiro atoms. The number of H-pyrrole nitrogens is 1. The Bertz CT molecular complexity index is 590. The van der Waals surface area contributed by atoms with E-state index in [2.05, 4.69) is 15.5 Å². The van der Waals surface area contributed by atoms with Crippen LogP contribution in [0.3, 0.4) is 0 Å². The average molecular weight is 259 g/mol. The minimum Gasteiger partial charge on any atom is -0.497 e. The first-order valence-corrected chi connectivity index (χ1v) is 6.15. The molecule has 1 aromatic heterocycles. The van der Waals surface area contributed by atoms with Crippen molar-refractivity contribution in [2.75, 3.05) is 12.4 Å². The smallest absolute Gasteiger partial charge is 0.221 e. The fourth-order valence-electron chi connectivity index (χ4n) is 1.92. The van der Waals surface area contributed by atoms with Gasteiger partial charge in [0.15, 0.2) is 0 Å². The zero-order valence-electron chi connectivity index (χ0n) is 11.3. The van der Waals surface area contributed by atoms with Crippen LogP contribution >= 0.6 is 0 Å². The lowest BCUT2D eigenvalue weighted by Gasteiger charge is -2.06. The van der Waals surface area contributed by atoms with E-state index < -0.39 is 0 Å². The van der Waals surface area contributed by atoms with Gasteiger partial charge >= 0.3 is 0 Å². The van der Waals surface area contributed by atoms with Crippen LogP contribution in [0, 0.1) is 0 Å². The van der Waals surface area contributed by atoms with Crippen LogP contribution in [-0.4, -0.2) is 23.2 Å². The van der Waals surface area contributed by atoms with Crippen molar-refractivity contribution in [3.8, 4) is 17.0 Å². The molecule has 0 bridgehead atoms. The topological polar surface area (TPSA) is 67.0 Å². The van der Waals surface area contributed by atoms with E-state index in [9.17, 15) is 4.79 Å². The quantitative estimate of drug-likeness (QED) is 0.886. The SMILES string of the molecule is CCc1[nH]nc(-c2cccc(OC)c2)c1NC(C)=O. The first-order chi connectivity index (χ1) is 9.15. The number of amides is 1. The third-order valence-electron chi connectivity index (χ3n) is 2.84. The predicted molar refractivity (Wildman–Crippen MR) is 74.3 cm³/mol. The zero-order chi connectivity index (χ0) is 13.8. The molecule has 2 rings (SSSR count).